The van der Waals surface area contributed by atoms with Crippen LogP contribution in [0.1, 0.15) is 6.92 Å². The SMILES string of the molecule is C[C@H](N)C(=O)N(C)CCS(C)(=O)=O. The first-order chi connectivity index (χ1) is 5.74. The summed E-state index contributed by atoms with van der Waals surface area (Å²) >= 11 is 0. The van der Waals surface area contributed by atoms with Gasteiger partial charge in [0.05, 0.1) is 11.8 Å². The summed E-state index contributed by atoms with van der Waals surface area (Å²) in [4.78, 5) is 12.5. The molecule has 78 valence electrons. The minimum atomic E-state index is -3.01. The molecule has 0 aromatic heterocycles. The number of carbonyl (C=O) groups is 1. The van der Waals surface area contributed by atoms with Gasteiger partial charge in [0.1, 0.15) is 9.84 Å². The Kier molecular flexibility index (Phi) is 4.35. The summed E-state index contributed by atoms with van der Waals surface area (Å²) < 4.78 is 21.5. The van der Waals surface area contributed by atoms with Gasteiger partial charge in [0.15, 0.2) is 0 Å². The zero-order chi connectivity index (χ0) is 10.6. The third-order valence-electron chi connectivity index (χ3n) is 1.56. The minimum absolute atomic E-state index is 0.0258. The van der Waals surface area contributed by atoms with Crippen LogP contribution in [0.5, 0.6) is 0 Å². The van der Waals surface area contributed by atoms with E-state index in [9.17, 15) is 13.2 Å². The zero-order valence-electron chi connectivity index (χ0n) is 8.15. The van der Waals surface area contributed by atoms with Crippen molar-refractivity contribution in [1.82, 2.24) is 4.90 Å². The molecule has 0 unspecified atom stereocenters. The van der Waals surface area contributed by atoms with Gasteiger partial charge in [-0.2, -0.15) is 0 Å². The van der Waals surface area contributed by atoms with Gasteiger partial charge in [-0.25, -0.2) is 8.42 Å². The Morgan fingerprint density at radius 2 is 2.00 bits per heavy atom. The van der Waals surface area contributed by atoms with Gasteiger partial charge in [-0.1, -0.05) is 0 Å². The van der Waals surface area contributed by atoms with E-state index in [1.54, 1.807) is 6.92 Å². The molecule has 5 nitrogen and oxygen atoms in total. The van der Waals surface area contributed by atoms with Crippen LogP contribution in [-0.4, -0.2) is 50.9 Å². The topological polar surface area (TPSA) is 80.5 Å². The van der Waals surface area contributed by atoms with Crippen molar-refractivity contribution in [2.24, 2.45) is 5.73 Å². The van der Waals surface area contributed by atoms with Crippen molar-refractivity contribution >= 4 is 15.7 Å². The van der Waals surface area contributed by atoms with Gasteiger partial charge in [-0.3, -0.25) is 4.79 Å². The summed E-state index contributed by atoms with van der Waals surface area (Å²) in [7, 11) is -1.47. The normalized spacial score (nSPS) is 13.8. The first-order valence-corrected chi connectivity index (χ1v) is 5.98. The maximum absolute atomic E-state index is 11.2. The molecule has 0 aromatic rings. The molecule has 13 heavy (non-hydrogen) atoms. The summed E-state index contributed by atoms with van der Waals surface area (Å²) in [6, 6.07) is -0.579. The van der Waals surface area contributed by atoms with Crippen molar-refractivity contribution in [1.29, 1.82) is 0 Å². The average molecular weight is 208 g/mol. The summed E-state index contributed by atoms with van der Waals surface area (Å²) in [5, 5.41) is 0. The molecule has 1 amide bonds. The molecule has 2 N–H and O–H groups in total. The van der Waals surface area contributed by atoms with E-state index in [1.165, 1.54) is 11.9 Å². The molecule has 0 heterocycles. The molecule has 0 radical (unpaired) electrons. The molecule has 0 aromatic carbocycles. The Balaban J connectivity index is 4.03. The number of hydrogen-bond donors (Lipinski definition) is 1. The van der Waals surface area contributed by atoms with E-state index in [1.807, 2.05) is 0 Å². The van der Waals surface area contributed by atoms with Crippen molar-refractivity contribution in [3.8, 4) is 0 Å². The fourth-order valence-electron chi connectivity index (χ4n) is 0.761. The van der Waals surface area contributed by atoms with Crippen molar-refractivity contribution < 1.29 is 13.2 Å². The molecule has 0 saturated heterocycles. The predicted molar refractivity (Wildman–Crippen MR) is 51.0 cm³/mol. The van der Waals surface area contributed by atoms with E-state index < -0.39 is 15.9 Å². The second-order valence-electron chi connectivity index (χ2n) is 3.18. The maximum Gasteiger partial charge on any atom is 0.238 e. The van der Waals surface area contributed by atoms with E-state index in [-0.39, 0.29) is 18.2 Å². The van der Waals surface area contributed by atoms with Gasteiger partial charge < -0.3 is 10.6 Å². The van der Waals surface area contributed by atoms with Crippen LogP contribution in [0.4, 0.5) is 0 Å². The van der Waals surface area contributed by atoms with Gasteiger partial charge in [-0.05, 0) is 6.92 Å². The van der Waals surface area contributed by atoms with Crippen LogP contribution in [0.25, 0.3) is 0 Å². The quantitative estimate of drug-likeness (QED) is 0.631. The molecule has 6 heteroatoms. The number of carbonyl (C=O) groups excluding carboxylic acids is 1. The summed E-state index contributed by atoms with van der Waals surface area (Å²) in [6.07, 6.45) is 1.14. The fourth-order valence-corrected chi connectivity index (χ4v) is 1.37. The zero-order valence-corrected chi connectivity index (χ0v) is 8.97. The molecule has 0 aliphatic heterocycles. The van der Waals surface area contributed by atoms with Gasteiger partial charge in [0.2, 0.25) is 5.91 Å². The second-order valence-corrected chi connectivity index (χ2v) is 5.44. The summed E-state index contributed by atoms with van der Waals surface area (Å²) in [6.45, 7) is 1.76. The van der Waals surface area contributed by atoms with Crippen molar-refractivity contribution in [2.45, 2.75) is 13.0 Å². The molecule has 0 fully saturated rings. The predicted octanol–water partition coefficient (Wildman–Crippen LogP) is -1.16. The third kappa shape index (κ3) is 5.59. The molecular formula is C7H16N2O3S. The van der Waals surface area contributed by atoms with E-state index >= 15 is 0 Å². The Bertz CT molecular complexity index is 271. The van der Waals surface area contributed by atoms with Crippen LogP contribution in [0, 0.1) is 0 Å². The number of nitrogens with zero attached hydrogens (tertiary/aromatic N) is 1. The Morgan fingerprint density at radius 3 is 2.31 bits per heavy atom. The van der Waals surface area contributed by atoms with Gasteiger partial charge in [-0.15, -0.1) is 0 Å². The molecule has 0 bridgehead atoms. The smallest absolute Gasteiger partial charge is 0.238 e. The Hall–Kier alpha value is -0.620. The van der Waals surface area contributed by atoms with Crippen molar-refractivity contribution in [2.75, 3.05) is 25.6 Å². The number of sulfone groups is 1. The summed E-state index contributed by atoms with van der Waals surface area (Å²) in [5.41, 5.74) is 5.34. The van der Waals surface area contributed by atoms with Crippen molar-refractivity contribution in [3.63, 3.8) is 0 Å². The minimum Gasteiger partial charge on any atom is -0.343 e. The summed E-state index contributed by atoms with van der Waals surface area (Å²) in [5.74, 6) is -0.272. The van der Waals surface area contributed by atoms with Gasteiger partial charge >= 0.3 is 0 Å². The van der Waals surface area contributed by atoms with Crippen LogP contribution in [0.3, 0.4) is 0 Å². The lowest BCUT2D eigenvalue weighted by atomic mass is 10.3. The molecule has 0 aliphatic rings. The van der Waals surface area contributed by atoms with Gasteiger partial charge in [0, 0.05) is 19.8 Å². The van der Waals surface area contributed by atoms with Crippen LogP contribution in [0.15, 0.2) is 0 Å². The van der Waals surface area contributed by atoms with E-state index in [0.717, 1.165) is 6.26 Å². The molecule has 0 spiro atoms. The molecule has 0 aliphatic carbocycles. The highest BCUT2D eigenvalue weighted by atomic mass is 32.2. The molecule has 1 atom stereocenters. The standard InChI is InChI=1S/C7H16N2O3S/c1-6(8)7(10)9(2)4-5-13(3,11)12/h6H,4-5,8H2,1-3H3/t6-/m0/s1. The number of likely N-dealkylation sites (N-methyl/N-ethyl adjacent to an activating group) is 1. The van der Waals surface area contributed by atoms with Gasteiger partial charge in [0.25, 0.3) is 0 Å². The second kappa shape index (κ2) is 4.57. The largest absolute Gasteiger partial charge is 0.343 e. The van der Waals surface area contributed by atoms with Crippen LogP contribution >= 0.6 is 0 Å². The highest BCUT2D eigenvalue weighted by Gasteiger charge is 2.14. The van der Waals surface area contributed by atoms with E-state index in [0.29, 0.717) is 0 Å². The van der Waals surface area contributed by atoms with Crippen LogP contribution in [0.2, 0.25) is 0 Å². The maximum atomic E-state index is 11.2. The number of hydrogen-bond acceptors (Lipinski definition) is 4. The first kappa shape index (κ1) is 12.4. The Labute approximate surface area is 78.8 Å². The number of rotatable bonds is 4. The van der Waals surface area contributed by atoms with E-state index in [2.05, 4.69) is 0 Å². The van der Waals surface area contributed by atoms with E-state index in [4.69, 9.17) is 5.73 Å². The Morgan fingerprint density at radius 1 is 1.54 bits per heavy atom. The van der Waals surface area contributed by atoms with Crippen LogP contribution in [-0.2, 0) is 14.6 Å². The lowest BCUT2D eigenvalue weighted by Crippen LogP contribution is -2.41. The number of nitrogens with two attached hydrogens (primary N) is 1. The highest BCUT2D eigenvalue weighted by Crippen LogP contribution is 1.91. The average Bonchev–Trinajstić information content (AvgIpc) is 1.97. The molecule has 0 saturated carbocycles. The first-order valence-electron chi connectivity index (χ1n) is 3.92. The molecule has 0 rings (SSSR count). The fraction of sp³-hybridized carbons (Fsp3) is 0.857. The number of amides is 1. The third-order valence-corrected chi connectivity index (χ3v) is 2.49. The van der Waals surface area contributed by atoms with Crippen molar-refractivity contribution in [3.05, 3.63) is 0 Å². The monoisotopic (exact) mass is 208 g/mol. The highest BCUT2D eigenvalue weighted by molar-refractivity contribution is 7.90. The van der Waals surface area contributed by atoms with Crippen LogP contribution < -0.4 is 5.73 Å². The lowest BCUT2D eigenvalue weighted by molar-refractivity contribution is -0.130. The lowest BCUT2D eigenvalue weighted by Gasteiger charge is -2.18. The molecular weight excluding hydrogens is 192 g/mol.